The Labute approximate surface area is 138 Å². The van der Waals surface area contributed by atoms with Gasteiger partial charge in [-0.25, -0.2) is 9.78 Å². The normalized spacial score (nSPS) is 21.2. The fraction of sp³-hybridized carbons (Fsp3) is 0.474. The molecule has 1 aromatic heterocycles. The maximum absolute atomic E-state index is 13.2. The van der Waals surface area contributed by atoms with Crippen molar-refractivity contribution >= 4 is 11.7 Å². The number of imidazole rings is 1. The molecule has 2 aromatic rings. The van der Waals surface area contributed by atoms with E-state index in [1.54, 1.807) is 23.3 Å². The van der Waals surface area contributed by atoms with Crippen LogP contribution < -0.4 is 4.90 Å². The highest BCUT2D eigenvalue weighted by atomic mass is 16.2. The van der Waals surface area contributed by atoms with Crippen LogP contribution in [-0.2, 0) is 0 Å². The van der Waals surface area contributed by atoms with Crippen molar-refractivity contribution in [3.8, 4) is 0 Å². The summed E-state index contributed by atoms with van der Waals surface area (Å²) in [5, 5.41) is 0. The number of hydrogen-bond donors (Lipinski definition) is 0. The number of rotatable bonds is 2. The van der Waals surface area contributed by atoms with E-state index in [0.717, 1.165) is 23.2 Å². The summed E-state index contributed by atoms with van der Waals surface area (Å²) in [4.78, 5) is 19.3. The van der Waals surface area contributed by atoms with Gasteiger partial charge in [-0.15, -0.1) is 0 Å². The van der Waals surface area contributed by atoms with Gasteiger partial charge in [0.15, 0.2) is 0 Å². The van der Waals surface area contributed by atoms with E-state index < -0.39 is 0 Å². The number of aromatic nitrogens is 2. The Hall–Kier alpha value is -2.10. The van der Waals surface area contributed by atoms with Crippen LogP contribution >= 0.6 is 0 Å². The van der Waals surface area contributed by atoms with Crippen LogP contribution in [0.15, 0.2) is 36.9 Å². The standard InChI is InChI=1S/C19H25N3O/c1-14-7-4-5-10-17(14)22(19(23)21-12-11-20-13-21)18-15(2)8-6-9-16(18)3/h6,8-9,11-14,17H,4-5,7,10H2,1-3H3. The summed E-state index contributed by atoms with van der Waals surface area (Å²) in [6.45, 7) is 6.44. The predicted octanol–water partition coefficient (Wildman–Crippen LogP) is 4.55. The predicted molar refractivity (Wildman–Crippen MR) is 92.8 cm³/mol. The summed E-state index contributed by atoms with van der Waals surface area (Å²) < 4.78 is 1.59. The molecule has 2 unspecified atom stereocenters. The van der Waals surface area contributed by atoms with E-state index in [1.165, 1.54) is 19.3 Å². The van der Waals surface area contributed by atoms with E-state index in [9.17, 15) is 4.79 Å². The molecule has 0 spiro atoms. The molecule has 3 rings (SSSR count). The Bertz CT molecular complexity index is 658. The molecule has 0 aliphatic heterocycles. The van der Waals surface area contributed by atoms with Gasteiger partial charge in [0.1, 0.15) is 6.33 Å². The zero-order chi connectivity index (χ0) is 16.4. The molecule has 1 aliphatic carbocycles. The van der Waals surface area contributed by atoms with E-state index in [-0.39, 0.29) is 12.1 Å². The molecule has 0 bridgehead atoms. The third-order valence-corrected chi connectivity index (χ3v) is 5.01. The highest BCUT2D eigenvalue weighted by molar-refractivity contribution is 5.95. The number of benzene rings is 1. The van der Waals surface area contributed by atoms with Crippen molar-refractivity contribution in [3.05, 3.63) is 48.0 Å². The molecule has 1 fully saturated rings. The van der Waals surface area contributed by atoms with E-state index in [4.69, 9.17) is 0 Å². The number of aryl methyl sites for hydroxylation is 2. The molecule has 4 heteroatoms. The zero-order valence-corrected chi connectivity index (χ0v) is 14.2. The van der Waals surface area contributed by atoms with Crippen LogP contribution in [0.5, 0.6) is 0 Å². The second-order valence-corrected chi connectivity index (χ2v) is 6.69. The number of anilines is 1. The first kappa shape index (κ1) is 15.8. The van der Waals surface area contributed by atoms with Crippen LogP contribution in [0.4, 0.5) is 10.5 Å². The summed E-state index contributed by atoms with van der Waals surface area (Å²) in [6.07, 6.45) is 9.68. The van der Waals surface area contributed by atoms with E-state index in [0.29, 0.717) is 5.92 Å². The first-order valence-corrected chi connectivity index (χ1v) is 8.47. The summed E-state index contributed by atoms with van der Waals surface area (Å²) >= 11 is 0. The topological polar surface area (TPSA) is 38.1 Å². The highest BCUT2D eigenvalue weighted by Crippen LogP contribution is 2.35. The molecular weight excluding hydrogens is 286 g/mol. The molecule has 0 radical (unpaired) electrons. The molecular formula is C19H25N3O. The smallest absolute Gasteiger partial charge is 0.290 e. The Morgan fingerprint density at radius 1 is 1.22 bits per heavy atom. The van der Waals surface area contributed by atoms with Crippen molar-refractivity contribution in [2.45, 2.75) is 52.5 Å². The molecule has 1 saturated carbocycles. The third-order valence-electron chi connectivity index (χ3n) is 5.01. The number of hydrogen-bond acceptors (Lipinski definition) is 2. The summed E-state index contributed by atoms with van der Waals surface area (Å²) in [5.41, 5.74) is 3.36. The van der Waals surface area contributed by atoms with Crippen LogP contribution in [0.1, 0.15) is 43.7 Å². The van der Waals surface area contributed by atoms with Gasteiger partial charge in [0.25, 0.3) is 0 Å². The quantitative estimate of drug-likeness (QED) is 0.816. The Kier molecular flexibility index (Phi) is 4.51. The van der Waals surface area contributed by atoms with Gasteiger partial charge in [0.05, 0.1) is 5.69 Å². The Morgan fingerprint density at radius 3 is 2.52 bits per heavy atom. The minimum Gasteiger partial charge on any atom is -0.290 e. The highest BCUT2D eigenvalue weighted by Gasteiger charge is 2.33. The molecule has 1 aromatic carbocycles. The lowest BCUT2D eigenvalue weighted by molar-refractivity contribution is 0.236. The molecule has 0 N–H and O–H groups in total. The maximum Gasteiger partial charge on any atom is 0.334 e. The van der Waals surface area contributed by atoms with Gasteiger partial charge in [0.2, 0.25) is 0 Å². The first-order valence-electron chi connectivity index (χ1n) is 8.47. The van der Waals surface area contributed by atoms with Crippen molar-refractivity contribution < 1.29 is 4.79 Å². The first-order chi connectivity index (χ1) is 11.1. The summed E-state index contributed by atoms with van der Waals surface area (Å²) in [6, 6.07) is 6.48. The van der Waals surface area contributed by atoms with Crippen LogP contribution in [-0.4, -0.2) is 21.6 Å². The summed E-state index contributed by atoms with van der Waals surface area (Å²) in [7, 11) is 0. The second-order valence-electron chi connectivity index (χ2n) is 6.69. The molecule has 23 heavy (non-hydrogen) atoms. The second kappa shape index (κ2) is 6.57. The minimum absolute atomic E-state index is 0.00125. The van der Waals surface area contributed by atoms with E-state index in [2.05, 4.69) is 44.0 Å². The third kappa shape index (κ3) is 3.03. The number of amides is 1. The Balaban J connectivity index is 2.08. The van der Waals surface area contributed by atoms with Gasteiger partial charge in [0, 0.05) is 18.4 Å². The minimum atomic E-state index is -0.00125. The van der Waals surface area contributed by atoms with Gasteiger partial charge in [-0.05, 0) is 43.7 Å². The van der Waals surface area contributed by atoms with Crippen LogP contribution in [0, 0.1) is 19.8 Å². The molecule has 4 nitrogen and oxygen atoms in total. The lowest BCUT2D eigenvalue weighted by Crippen LogP contribution is -2.47. The van der Waals surface area contributed by atoms with Gasteiger partial charge < -0.3 is 0 Å². The molecule has 2 atom stereocenters. The maximum atomic E-state index is 13.2. The van der Waals surface area contributed by atoms with Crippen molar-refractivity contribution in [2.24, 2.45) is 5.92 Å². The van der Waals surface area contributed by atoms with Gasteiger partial charge >= 0.3 is 6.03 Å². The summed E-state index contributed by atoms with van der Waals surface area (Å²) in [5.74, 6) is 0.509. The van der Waals surface area contributed by atoms with Crippen molar-refractivity contribution in [3.63, 3.8) is 0 Å². The lowest BCUT2D eigenvalue weighted by Gasteiger charge is -2.39. The number of carbonyl (C=O) groups excluding carboxylic acids is 1. The van der Waals surface area contributed by atoms with Crippen molar-refractivity contribution in [1.82, 2.24) is 9.55 Å². The molecule has 1 aliphatic rings. The van der Waals surface area contributed by atoms with Crippen LogP contribution in [0.25, 0.3) is 0 Å². The zero-order valence-electron chi connectivity index (χ0n) is 14.2. The van der Waals surface area contributed by atoms with Gasteiger partial charge in [-0.2, -0.15) is 0 Å². The van der Waals surface area contributed by atoms with Gasteiger partial charge in [-0.1, -0.05) is 38.0 Å². The SMILES string of the molecule is Cc1cccc(C)c1N(C(=O)n1ccnc1)C1CCCCC1C. The number of para-hydroxylation sites is 1. The fourth-order valence-electron chi connectivity index (χ4n) is 3.77. The Morgan fingerprint density at radius 2 is 1.91 bits per heavy atom. The molecule has 1 amide bonds. The number of carbonyl (C=O) groups is 1. The molecule has 122 valence electrons. The largest absolute Gasteiger partial charge is 0.334 e. The van der Waals surface area contributed by atoms with Crippen molar-refractivity contribution in [2.75, 3.05) is 4.90 Å². The average Bonchev–Trinajstić information content (AvgIpc) is 3.06. The average molecular weight is 311 g/mol. The molecule has 0 saturated heterocycles. The van der Waals surface area contributed by atoms with Crippen LogP contribution in [0.3, 0.4) is 0 Å². The monoisotopic (exact) mass is 311 g/mol. The molecule has 1 heterocycles. The number of nitrogens with zero attached hydrogens (tertiary/aromatic N) is 3. The lowest BCUT2D eigenvalue weighted by atomic mass is 9.84. The van der Waals surface area contributed by atoms with Crippen LogP contribution in [0.2, 0.25) is 0 Å². The van der Waals surface area contributed by atoms with E-state index in [1.807, 2.05) is 4.90 Å². The van der Waals surface area contributed by atoms with Crippen molar-refractivity contribution in [1.29, 1.82) is 0 Å². The fourth-order valence-corrected chi connectivity index (χ4v) is 3.77. The van der Waals surface area contributed by atoms with Gasteiger partial charge in [-0.3, -0.25) is 9.47 Å². The van der Waals surface area contributed by atoms with E-state index >= 15 is 0 Å².